The van der Waals surface area contributed by atoms with E-state index in [0.29, 0.717) is 13.0 Å². The molecule has 2 amide bonds. The van der Waals surface area contributed by atoms with Crippen molar-refractivity contribution in [2.45, 2.75) is 6.42 Å². The Morgan fingerprint density at radius 1 is 0.828 bits per heavy atom. The van der Waals surface area contributed by atoms with E-state index in [1.165, 1.54) is 36.7 Å². The van der Waals surface area contributed by atoms with Gasteiger partial charge in [-0.15, -0.1) is 0 Å². The maximum Gasteiger partial charge on any atom is 0.257 e. The van der Waals surface area contributed by atoms with Gasteiger partial charge in [-0.1, -0.05) is 12.1 Å². The Hall–Kier alpha value is -3.68. The van der Waals surface area contributed by atoms with E-state index in [4.69, 9.17) is 0 Å². The van der Waals surface area contributed by atoms with Crippen LogP contribution in [-0.4, -0.2) is 23.3 Å². The lowest BCUT2D eigenvalue weighted by Gasteiger charge is -2.08. The molecule has 0 spiro atoms. The molecular formula is C21H16F3N3O2. The van der Waals surface area contributed by atoms with Crippen molar-refractivity contribution in [3.63, 3.8) is 0 Å². The lowest BCUT2D eigenvalue weighted by Crippen LogP contribution is -2.26. The van der Waals surface area contributed by atoms with Gasteiger partial charge in [0.15, 0.2) is 11.6 Å². The van der Waals surface area contributed by atoms with Crippen molar-refractivity contribution in [3.05, 3.63) is 95.1 Å². The number of anilines is 1. The van der Waals surface area contributed by atoms with Crippen molar-refractivity contribution < 1.29 is 22.8 Å². The first-order chi connectivity index (χ1) is 13.9. The average molecular weight is 399 g/mol. The SMILES string of the molecule is O=C(NCCc1ccc(F)cc1)c1cncc(C(=O)Nc2ccc(F)c(F)c2)c1. The first-order valence-corrected chi connectivity index (χ1v) is 8.66. The first-order valence-electron chi connectivity index (χ1n) is 8.66. The molecule has 2 aromatic carbocycles. The van der Waals surface area contributed by atoms with E-state index in [2.05, 4.69) is 15.6 Å². The summed E-state index contributed by atoms with van der Waals surface area (Å²) in [5, 5.41) is 5.11. The molecule has 0 radical (unpaired) electrons. The average Bonchev–Trinajstić information content (AvgIpc) is 2.72. The summed E-state index contributed by atoms with van der Waals surface area (Å²) in [6, 6.07) is 10.3. The molecule has 0 saturated carbocycles. The van der Waals surface area contributed by atoms with Gasteiger partial charge < -0.3 is 10.6 Å². The van der Waals surface area contributed by atoms with Crippen molar-refractivity contribution in [2.75, 3.05) is 11.9 Å². The Kier molecular flexibility index (Phi) is 6.23. The number of aromatic nitrogens is 1. The van der Waals surface area contributed by atoms with Gasteiger partial charge in [0.25, 0.3) is 11.8 Å². The summed E-state index contributed by atoms with van der Waals surface area (Å²) in [5.41, 5.74) is 1.19. The van der Waals surface area contributed by atoms with E-state index in [-0.39, 0.29) is 22.6 Å². The van der Waals surface area contributed by atoms with Crippen LogP contribution in [0.25, 0.3) is 0 Å². The highest BCUT2D eigenvalue weighted by Crippen LogP contribution is 2.14. The van der Waals surface area contributed by atoms with Crippen molar-refractivity contribution in [2.24, 2.45) is 0 Å². The minimum Gasteiger partial charge on any atom is -0.352 e. The number of nitrogens with one attached hydrogen (secondary N) is 2. The van der Waals surface area contributed by atoms with Crippen LogP contribution in [0.4, 0.5) is 18.9 Å². The standard InChI is InChI=1S/C21H16F3N3O2/c22-16-3-1-13(2-4-16)7-8-26-20(28)14-9-15(12-25-11-14)21(29)27-17-5-6-18(23)19(24)10-17/h1-6,9-12H,7-8H2,(H,26,28)(H,27,29). The van der Waals surface area contributed by atoms with Crippen LogP contribution in [0.3, 0.4) is 0 Å². The fraction of sp³-hybridized carbons (Fsp3) is 0.0952. The van der Waals surface area contributed by atoms with Crippen LogP contribution >= 0.6 is 0 Å². The van der Waals surface area contributed by atoms with Gasteiger partial charge in [0, 0.05) is 30.7 Å². The van der Waals surface area contributed by atoms with E-state index < -0.39 is 23.4 Å². The summed E-state index contributed by atoms with van der Waals surface area (Å²) in [6.07, 6.45) is 3.07. The number of nitrogens with zero attached hydrogens (tertiary/aromatic N) is 1. The van der Waals surface area contributed by atoms with Crippen LogP contribution in [0.1, 0.15) is 26.3 Å². The number of carbonyl (C=O) groups excluding carboxylic acids is 2. The fourth-order valence-corrected chi connectivity index (χ4v) is 2.54. The smallest absolute Gasteiger partial charge is 0.257 e. The Morgan fingerprint density at radius 3 is 2.21 bits per heavy atom. The number of benzene rings is 2. The van der Waals surface area contributed by atoms with Gasteiger partial charge in [-0.3, -0.25) is 14.6 Å². The minimum atomic E-state index is -1.09. The molecule has 0 fully saturated rings. The van der Waals surface area contributed by atoms with Gasteiger partial charge in [-0.2, -0.15) is 0 Å². The Balaban J connectivity index is 1.60. The van der Waals surface area contributed by atoms with E-state index >= 15 is 0 Å². The van der Waals surface area contributed by atoms with Crippen LogP contribution in [-0.2, 0) is 6.42 Å². The second-order valence-electron chi connectivity index (χ2n) is 6.18. The minimum absolute atomic E-state index is 0.0723. The van der Waals surface area contributed by atoms with Crippen LogP contribution in [0.5, 0.6) is 0 Å². The summed E-state index contributed by atoms with van der Waals surface area (Å²) in [5.74, 6) is -3.49. The highest BCUT2D eigenvalue weighted by Gasteiger charge is 2.12. The summed E-state index contributed by atoms with van der Waals surface area (Å²) in [4.78, 5) is 28.4. The van der Waals surface area contributed by atoms with Crippen LogP contribution in [0.15, 0.2) is 60.9 Å². The summed E-state index contributed by atoms with van der Waals surface area (Å²) in [6.45, 7) is 0.315. The second-order valence-corrected chi connectivity index (χ2v) is 6.18. The summed E-state index contributed by atoms with van der Waals surface area (Å²) in [7, 11) is 0. The zero-order valence-electron chi connectivity index (χ0n) is 15.1. The molecule has 0 unspecified atom stereocenters. The number of rotatable bonds is 6. The van der Waals surface area contributed by atoms with Crippen molar-refractivity contribution in [1.29, 1.82) is 0 Å². The molecule has 2 N–H and O–H groups in total. The van der Waals surface area contributed by atoms with Crippen LogP contribution < -0.4 is 10.6 Å². The molecule has 8 heteroatoms. The molecule has 3 aromatic rings. The predicted octanol–water partition coefficient (Wildman–Crippen LogP) is 3.72. The predicted molar refractivity (Wildman–Crippen MR) is 101 cm³/mol. The number of hydrogen-bond donors (Lipinski definition) is 2. The monoisotopic (exact) mass is 399 g/mol. The molecule has 0 aliphatic rings. The van der Waals surface area contributed by atoms with Gasteiger partial charge in [-0.05, 0) is 42.3 Å². The maximum atomic E-state index is 13.3. The number of carbonyl (C=O) groups is 2. The van der Waals surface area contributed by atoms with Crippen molar-refractivity contribution >= 4 is 17.5 Å². The number of pyridine rings is 1. The Morgan fingerprint density at radius 2 is 1.52 bits per heavy atom. The lowest BCUT2D eigenvalue weighted by atomic mass is 10.1. The van der Waals surface area contributed by atoms with Gasteiger partial charge in [0.1, 0.15) is 5.82 Å². The quantitative estimate of drug-likeness (QED) is 0.664. The molecule has 3 rings (SSSR count). The van der Waals surface area contributed by atoms with Gasteiger partial charge in [0.2, 0.25) is 0 Å². The number of halogens is 3. The van der Waals surface area contributed by atoms with Gasteiger partial charge in [0.05, 0.1) is 11.1 Å². The van der Waals surface area contributed by atoms with Crippen LogP contribution in [0.2, 0.25) is 0 Å². The van der Waals surface area contributed by atoms with Gasteiger partial charge >= 0.3 is 0 Å². The molecule has 148 valence electrons. The topological polar surface area (TPSA) is 71.1 Å². The second kappa shape index (κ2) is 9.01. The molecule has 0 atom stereocenters. The normalized spacial score (nSPS) is 10.4. The molecule has 0 saturated heterocycles. The summed E-state index contributed by atoms with van der Waals surface area (Å²) < 4.78 is 39.1. The molecule has 1 heterocycles. The molecule has 5 nitrogen and oxygen atoms in total. The third-order valence-corrected chi connectivity index (χ3v) is 4.05. The molecule has 0 bridgehead atoms. The number of amides is 2. The maximum absolute atomic E-state index is 13.3. The third-order valence-electron chi connectivity index (χ3n) is 4.05. The highest BCUT2D eigenvalue weighted by atomic mass is 19.2. The Labute approximate surface area is 164 Å². The molecular weight excluding hydrogens is 383 g/mol. The van der Waals surface area contributed by atoms with Crippen molar-refractivity contribution in [3.8, 4) is 0 Å². The van der Waals surface area contributed by atoms with E-state index in [0.717, 1.165) is 17.7 Å². The van der Waals surface area contributed by atoms with E-state index in [1.807, 2.05) is 0 Å². The molecule has 29 heavy (non-hydrogen) atoms. The van der Waals surface area contributed by atoms with E-state index in [9.17, 15) is 22.8 Å². The fourth-order valence-electron chi connectivity index (χ4n) is 2.54. The summed E-state index contributed by atoms with van der Waals surface area (Å²) >= 11 is 0. The van der Waals surface area contributed by atoms with Gasteiger partial charge in [-0.25, -0.2) is 13.2 Å². The first kappa shape index (κ1) is 20.1. The lowest BCUT2D eigenvalue weighted by molar-refractivity contribution is 0.0953. The molecule has 1 aromatic heterocycles. The molecule has 0 aliphatic heterocycles. The van der Waals surface area contributed by atoms with Crippen molar-refractivity contribution in [1.82, 2.24) is 10.3 Å². The third kappa shape index (κ3) is 5.41. The van der Waals surface area contributed by atoms with E-state index in [1.54, 1.807) is 12.1 Å². The largest absolute Gasteiger partial charge is 0.352 e. The number of hydrogen-bond acceptors (Lipinski definition) is 3. The van der Waals surface area contributed by atoms with Crippen LogP contribution in [0, 0.1) is 17.5 Å². The zero-order valence-corrected chi connectivity index (χ0v) is 15.1. The highest BCUT2D eigenvalue weighted by molar-refractivity contribution is 6.05. The zero-order chi connectivity index (χ0) is 20.8. The molecule has 0 aliphatic carbocycles. The Bertz CT molecular complexity index is 1040.